The van der Waals surface area contributed by atoms with Gasteiger partial charge in [0, 0.05) is 12.1 Å². The standard InChI is InChI=1S/C11H13F2N/c1-14-7-3-5-9-4-2-6-10(8-9)11(12)13/h2-6,8,11,14H,7H2,1H3/b5-3+. The van der Waals surface area contributed by atoms with Crippen molar-refractivity contribution in [1.29, 1.82) is 0 Å². The number of hydrogen-bond acceptors (Lipinski definition) is 1. The fourth-order valence-electron chi connectivity index (χ4n) is 1.11. The zero-order valence-corrected chi connectivity index (χ0v) is 8.00. The molecule has 3 heteroatoms. The molecule has 0 saturated carbocycles. The lowest BCUT2D eigenvalue weighted by atomic mass is 10.1. The SMILES string of the molecule is CNC/C=C/c1cccc(C(F)F)c1. The van der Waals surface area contributed by atoms with Crippen LogP contribution in [0.4, 0.5) is 8.78 Å². The molecule has 0 aliphatic carbocycles. The van der Waals surface area contributed by atoms with Gasteiger partial charge >= 0.3 is 0 Å². The van der Waals surface area contributed by atoms with E-state index in [1.54, 1.807) is 12.1 Å². The van der Waals surface area contributed by atoms with Gasteiger partial charge in [-0.2, -0.15) is 0 Å². The fourth-order valence-corrected chi connectivity index (χ4v) is 1.11. The molecular formula is C11H13F2N. The minimum Gasteiger partial charge on any atom is -0.316 e. The third-order valence-electron chi connectivity index (χ3n) is 1.79. The maximum absolute atomic E-state index is 12.3. The monoisotopic (exact) mass is 197 g/mol. The molecule has 0 spiro atoms. The molecule has 14 heavy (non-hydrogen) atoms. The number of alkyl halides is 2. The molecular weight excluding hydrogens is 184 g/mol. The highest BCUT2D eigenvalue weighted by Gasteiger charge is 2.05. The molecule has 0 unspecified atom stereocenters. The van der Waals surface area contributed by atoms with Crippen LogP contribution in [0.5, 0.6) is 0 Å². The Morgan fingerprint density at radius 1 is 1.43 bits per heavy atom. The summed E-state index contributed by atoms with van der Waals surface area (Å²) < 4.78 is 24.6. The first-order valence-electron chi connectivity index (χ1n) is 4.43. The van der Waals surface area contributed by atoms with Gasteiger partial charge in [-0.05, 0) is 18.7 Å². The summed E-state index contributed by atoms with van der Waals surface area (Å²) in [5.41, 5.74) is 0.870. The normalized spacial score (nSPS) is 11.4. The third kappa shape index (κ3) is 3.26. The molecule has 0 aliphatic heterocycles. The molecule has 0 fully saturated rings. The van der Waals surface area contributed by atoms with Gasteiger partial charge < -0.3 is 5.32 Å². The Hall–Kier alpha value is -1.22. The first kappa shape index (κ1) is 10.9. The summed E-state index contributed by atoms with van der Waals surface area (Å²) in [5.74, 6) is 0. The van der Waals surface area contributed by atoms with Crippen LogP contribution in [0, 0.1) is 0 Å². The highest BCUT2D eigenvalue weighted by atomic mass is 19.3. The van der Waals surface area contributed by atoms with Gasteiger partial charge in [0.1, 0.15) is 0 Å². The van der Waals surface area contributed by atoms with E-state index in [-0.39, 0.29) is 5.56 Å². The number of nitrogens with one attached hydrogen (secondary N) is 1. The van der Waals surface area contributed by atoms with Crippen molar-refractivity contribution in [3.8, 4) is 0 Å². The Kier molecular flexibility index (Phi) is 4.26. The number of rotatable bonds is 4. The number of hydrogen-bond donors (Lipinski definition) is 1. The van der Waals surface area contributed by atoms with Gasteiger partial charge in [0.25, 0.3) is 6.43 Å². The minimum atomic E-state index is -2.40. The summed E-state index contributed by atoms with van der Waals surface area (Å²) in [7, 11) is 1.83. The Morgan fingerprint density at radius 3 is 2.86 bits per heavy atom. The summed E-state index contributed by atoms with van der Waals surface area (Å²) in [4.78, 5) is 0. The van der Waals surface area contributed by atoms with E-state index in [1.807, 2.05) is 19.2 Å². The van der Waals surface area contributed by atoms with E-state index in [0.29, 0.717) is 0 Å². The molecule has 0 amide bonds. The number of likely N-dealkylation sites (N-methyl/N-ethyl adjacent to an activating group) is 1. The van der Waals surface area contributed by atoms with Crippen LogP contribution in [0.3, 0.4) is 0 Å². The van der Waals surface area contributed by atoms with Crippen molar-refractivity contribution in [3.05, 3.63) is 41.5 Å². The van der Waals surface area contributed by atoms with E-state index in [0.717, 1.165) is 12.1 Å². The van der Waals surface area contributed by atoms with Crippen molar-refractivity contribution >= 4 is 6.08 Å². The maximum atomic E-state index is 12.3. The van der Waals surface area contributed by atoms with Crippen LogP contribution in [0.25, 0.3) is 6.08 Å². The van der Waals surface area contributed by atoms with Crippen molar-refractivity contribution in [2.45, 2.75) is 6.43 Å². The molecule has 1 rings (SSSR count). The molecule has 0 bridgehead atoms. The Morgan fingerprint density at radius 2 is 2.21 bits per heavy atom. The van der Waals surface area contributed by atoms with Crippen LogP contribution in [0.15, 0.2) is 30.3 Å². The van der Waals surface area contributed by atoms with Gasteiger partial charge in [-0.3, -0.25) is 0 Å². The van der Waals surface area contributed by atoms with Crippen molar-refractivity contribution in [1.82, 2.24) is 5.32 Å². The van der Waals surface area contributed by atoms with E-state index >= 15 is 0 Å². The van der Waals surface area contributed by atoms with E-state index in [4.69, 9.17) is 0 Å². The summed E-state index contributed by atoms with van der Waals surface area (Å²) >= 11 is 0. The van der Waals surface area contributed by atoms with Gasteiger partial charge in [0.2, 0.25) is 0 Å². The second-order valence-corrected chi connectivity index (χ2v) is 2.93. The third-order valence-corrected chi connectivity index (χ3v) is 1.79. The number of benzene rings is 1. The Balaban J connectivity index is 2.73. The smallest absolute Gasteiger partial charge is 0.263 e. The zero-order valence-electron chi connectivity index (χ0n) is 8.00. The van der Waals surface area contributed by atoms with E-state index < -0.39 is 6.43 Å². The molecule has 0 radical (unpaired) electrons. The molecule has 0 aliphatic rings. The van der Waals surface area contributed by atoms with Gasteiger partial charge in [-0.15, -0.1) is 0 Å². The summed E-state index contributed by atoms with van der Waals surface area (Å²) in [5, 5.41) is 2.94. The lowest BCUT2D eigenvalue weighted by Crippen LogP contribution is -2.03. The highest BCUT2D eigenvalue weighted by Crippen LogP contribution is 2.19. The predicted octanol–water partition coefficient (Wildman–Crippen LogP) is 2.86. The Bertz CT molecular complexity index is 308. The lowest BCUT2D eigenvalue weighted by Gasteiger charge is -2.00. The minimum absolute atomic E-state index is 0.0663. The second-order valence-electron chi connectivity index (χ2n) is 2.93. The lowest BCUT2D eigenvalue weighted by molar-refractivity contribution is 0.151. The summed E-state index contributed by atoms with van der Waals surface area (Å²) in [6.45, 7) is 0.735. The highest BCUT2D eigenvalue weighted by molar-refractivity contribution is 5.50. The maximum Gasteiger partial charge on any atom is 0.263 e. The van der Waals surface area contributed by atoms with Crippen LogP contribution in [0.2, 0.25) is 0 Å². The van der Waals surface area contributed by atoms with Crippen LogP contribution in [-0.2, 0) is 0 Å². The molecule has 1 aromatic carbocycles. The fraction of sp³-hybridized carbons (Fsp3) is 0.273. The van der Waals surface area contributed by atoms with Crippen LogP contribution < -0.4 is 5.32 Å². The van der Waals surface area contributed by atoms with Gasteiger partial charge in [-0.25, -0.2) is 8.78 Å². The van der Waals surface area contributed by atoms with Gasteiger partial charge in [0.15, 0.2) is 0 Å². The van der Waals surface area contributed by atoms with Crippen LogP contribution in [-0.4, -0.2) is 13.6 Å². The van der Waals surface area contributed by atoms with Crippen molar-refractivity contribution in [2.75, 3.05) is 13.6 Å². The van der Waals surface area contributed by atoms with Crippen LogP contribution in [0.1, 0.15) is 17.6 Å². The Labute approximate surface area is 82.4 Å². The van der Waals surface area contributed by atoms with E-state index in [1.165, 1.54) is 12.1 Å². The molecule has 1 aromatic rings. The summed E-state index contributed by atoms with van der Waals surface area (Å²) in [6.07, 6.45) is 1.32. The van der Waals surface area contributed by atoms with Crippen molar-refractivity contribution in [3.63, 3.8) is 0 Å². The molecule has 0 aromatic heterocycles. The molecule has 1 nitrogen and oxygen atoms in total. The average Bonchev–Trinajstić information content (AvgIpc) is 2.19. The molecule has 0 atom stereocenters. The van der Waals surface area contributed by atoms with Crippen molar-refractivity contribution < 1.29 is 8.78 Å². The molecule has 76 valence electrons. The quantitative estimate of drug-likeness (QED) is 0.782. The molecule has 1 N–H and O–H groups in total. The molecule has 0 heterocycles. The van der Waals surface area contributed by atoms with Crippen molar-refractivity contribution in [2.24, 2.45) is 0 Å². The average molecular weight is 197 g/mol. The zero-order chi connectivity index (χ0) is 10.4. The van der Waals surface area contributed by atoms with Gasteiger partial charge in [-0.1, -0.05) is 30.4 Å². The summed E-state index contributed by atoms with van der Waals surface area (Å²) in [6, 6.07) is 6.37. The van der Waals surface area contributed by atoms with E-state index in [2.05, 4.69) is 5.32 Å². The largest absolute Gasteiger partial charge is 0.316 e. The number of halogens is 2. The van der Waals surface area contributed by atoms with Gasteiger partial charge in [0.05, 0.1) is 0 Å². The predicted molar refractivity (Wildman–Crippen MR) is 54.4 cm³/mol. The first-order chi connectivity index (χ1) is 6.74. The molecule has 0 saturated heterocycles. The van der Waals surface area contributed by atoms with E-state index in [9.17, 15) is 8.78 Å². The second kappa shape index (κ2) is 5.50. The topological polar surface area (TPSA) is 12.0 Å². The first-order valence-corrected chi connectivity index (χ1v) is 4.43. The van der Waals surface area contributed by atoms with Crippen LogP contribution >= 0.6 is 0 Å².